The highest BCUT2D eigenvalue weighted by atomic mass is 19.1. The lowest BCUT2D eigenvalue weighted by molar-refractivity contribution is 0.157. The van der Waals surface area contributed by atoms with Crippen molar-refractivity contribution in [3.63, 3.8) is 0 Å². The zero-order chi connectivity index (χ0) is 21.2. The smallest absolute Gasteiger partial charge is 0.231 e. The first-order chi connectivity index (χ1) is 15.2. The molecule has 0 N–H and O–H groups in total. The van der Waals surface area contributed by atoms with Crippen LogP contribution in [0.5, 0.6) is 17.2 Å². The SMILES string of the molecule is Cc1cc(OC(CCN2CCc3ccccc3C2)c2ccc3c(c2)OCO3)ccc1F. The van der Waals surface area contributed by atoms with E-state index in [-0.39, 0.29) is 18.7 Å². The molecular weight excluding hydrogens is 393 g/mol. The first-order valence-electron chi connectivity index (χ1n) is 10.8. The number of halogens is 1. The molecule has 0 bridgehead atoms. The van der Waals surface area contributed by atoms with Crippen LogP contribution in [-0.4, -0.2) is 24.8 Å². The van der Waals surface area contributed by atoms with Crippen LogP contribution in [0.1, 0.15) is 34.8 Å². The van der Waals surface area contributed by atoms with Crippen molar-refractivity contribution >= 4 is 0 Å². The summed E-state index contributed by atoms with van der Waals surface area (Å²) < 4.78 is 31.1. The average molecular weight is 419 g/mol. The van der Waals surface area contributed by atoms with Gasteiger partial charge >= 0.3 is 0 Å². The fourth-order valence-corrected chi connectivity index (χ4v) is 4.31. The standard InChI is InChI=1S/C26H26FNO3/c1-18-14-22(7-8-23(18)27)31-24(20-6-9-25-26(15-20)30-17-29-25)11-13-28-12-10-19-4-2-3-5-21(19)16-28/h2-9,14-15,24H,10-13,16-17H2,1H3. The fraction of sp³-hybridized carbons (Fsp3) is 0.308. The lowest BCUT2D eigenvalue weighted by Gasteiger charge is -2.30. The second-order valence-corrected chi connectivity index (χ2v) is 8.21. The zero-order valence-electron chi connectivity index (χ0n) is 17.6. The molecule has 0 saturated heterocycles. The molecule has 2 heterocycles. The van der Waals surface area contributed by atoms with E-state index in [2.05, 4.69) is 29.2 Å². The van der Waals surface area contributed by atoms with Gasteiger partial charge in [-0.25, -0.2) is 4.39 Å². The largest absolute Gasteiger partial charge is 0.486 e. The Morgan fingerprint density at radius 1 is 1.00 bits per heavy atom. The summed E-state index contributed by atoms with van der Waals surface area (Å²) >= 11 is 0. The number of rotatable bonds is 6. The molecule has 1 unspecified atom stereocenters. The Morgan fingerprint density at radius 2 is 1.84 bits per heavy atom. The predicted octanol–water partition coefficient (Wildman–Crippen LogP) is 5.43. The predicted molar refractivity (Wildman–Crippen MR) is 117 cm³/mol. The van der Waals surface area contributed by atoms with E-state index in [1.54, 1.807) is 19.1 Å². The minimum absolute atomic E-state index is 0.170. The van der Waals surface area contributed by atoms with Crippen molar-refractivity contribution < 1.29 is 18.6 Å². The van der Waals surface area contributed by atoms with Crippen LogP contribution in [0, 0.1) is 12.7 Å². The molecule has 2 aliphatic rings. The van der Waals surface area contributed by atoms with Crippen LogP contribution in [0.25, 0.3) is 0 Å². The van der Waals surface area contributed by atoms with Crippen molar-refractivity contribution in [2.45, 2.75) is 32.4 Å². The molecule has 0 spiro atoms. The van der Waals surface area contributed by atoms with Crippen LogP contribution in [0.15, 0.2) is 60.7 Å². The number of nitrogens with zero attached hydrogens (tertiary/aromatic N) is 1. The molecule has 0 fully saturated rings. The summed E-state index contributed by atoms with van der Waals surface area (Å²) in [5, 5.41) is 0. The molecule has 0 aromatic heterocycles. The van der Waals surface area contributed by atoms with Crippen LogP contribution in [0.4, 0.5) is 4.39 Å². The molecule has 160 valence electrons. The van der Waals surface area contributed by atoms with Crippen molar-refractivity contribution in [1.29, 1.82) is 0 Å². The summed E-state index contributed by atoms with van der Waals surface area (Å²) in [6.45, 7) is 4.91. The van der Waals surface area contributed by atoms with E-state index >= 15 is 0 Å². The minimum atomic E-state index is -0.223. The number of ether oxygens (including phenoxy) is 3. The van der Waals surface area contributed by atoms with Crippen LogP contribution >= 0.6 is 0 Å². The number of hydrogen-bond donors (Lipinski definition) is 0. The first-order valence-corrected chi connectivity index (χ1v) is 10.8. The van der Waals surface area contributed by atoms with Gasteiger partial charge in [-0.3, -0.25) is 4.90 Å². The quantitative estimate of drug-likeness (QED) is 0.533. The lowest BCUT2D eigenvalue weighted by Crippen LogP contribution is -2.32. The van der Waals surface area contributed by atoms with Crippen molar-refractivity contribution in [2.75, 3.05) is 19.9 Å². The van der Waals surface area contributed by atoms with Gasteiger partial charge in [0.25, 0.3) is 0 Å². The number of hydrogen-bond acceptors (Lipinski definition) is 4. The van der Waals surface area contributed by atoms with Gasteiger partial charge in [-0.2, -0.15) is 0 Å². The maximum Gasteiger partial charge on any atom is 0.231 e. The van der Waals surface area contributed by atoms with E-state index in [9.17, 15) is 4.39 Å². The highest BCUT2D eigenvalue weighted by molar-refractivity contribution is 5.45. The monoisotopic (exact) mass is 419 g/mol. The summed E-state index contributed by atoms with van der Waals surface area (Å²) in [7, 11) is 0. The van der Waals surface area contributed by atoms with E-state index in [4.69, 9.17) is 14.2 Å². The highest BCUT2D eigenvalue weighted by Crippen LogP contribution is 2.36. The lowest BCUT2D eigenvalue weighted by atomic mass is 9.99. The van der Waals surface area contributed by atoms with Gasteiger partial charge in [0.1, 0.15) is 17.7 Å². The van der Waals surface area contributed by atoms with E-state index in [0.717, 1.165) is 49.5 Å². The molecule has 3 aromatic rings. The minimum Gasteiger partial charge on any atom is -0.486 e. The molecule has 0 amide bonds. The molecule has 3 aromatic carbocycles. The number of benzene rings is 3. The molecule has 1 atom stereocenters. The van der Waals surface area contributed by atoms with Gasteiger partial charge in [-0.1, -0.05) is 30.3 Å². The van der Waals surface area contributed by atoms with E-state index in [1.807, 2.05) is 18.2 Å². The molecular formula is C26H26FNO3. The third-order valence-electron chi connectivity index (χ3n) is 6.09. The third-order valence-corrected chi connectivity index (χ3v) is 6.09. The Kier molecular flexibility index (Phi) is 5.51. The first kappa shape index (κ1) is 19.9. The Labute approximate surface area is 182 Å². The summed E-state index contributed by atoms with van der Waals surface area (Å²) in [4.78, 5) is 2.47. The molecule has 0 saturated carbocycles. The molecule has 2 aliphatic heterocycles. The summed E-state index contributed by atoms with van der Waals surface area (Å²) in [6, 6.07) is 19.5. The maximum absolute atomic E-state index is 13.7. The van der Waals surface area contributed by atoms with Crippen molar-refractivity contribution in [3.05, 3.63) is 88.7 Å². The van der Waals surface area contributed by atoms with Crippen molar-refractivity contribution in [2.24, 2.45) is 0 Å². The van der Waals surface area contributed by atoms with Crippen LogP contribution in [-0.2, 0) is 13.0 Å². The average Bonchev–Trinajstić information content (AvgIpc) is 3.27. The summed E-state index contributed by atoms with van der Waals surface area (Å²) in [6.07, 6.45) is 1.72. The Balaban J connectivity index is 1.34. The molecule has 5 heteroatoms. The number of fused-ring (bicyclic) bond motifs is 2. The summed E-state index contributed by atoms with van der Waals surface area (Å²) in [5.74, 6) is 1.95. The maximum atomic E-state index is 13.7. The van der Waals surface area contributed by atoms with Crippen LogP contribution < -0.4 is 14.2 Å². The Bertz CT molecular complexity index is 1080. The number of aryl methyl sites for hydroxylation is 1. The fourth-order valence-electron chi connectivity index (χ4n) is 4.31. The van der Waals surface area contributed by atoms with Gasteiger partial charge in [-0.15, -0.1) is 0 Å². The van der Waals surface area contributed by atoms with Crippen molar-refractivity contribution in [1.82, 2.24) is 4.90 Å². The summed E-state index contributed by atoms with van der Waals surface area (Å²) in [5.41, 5.74) is 4.46. The highest BCUT2D eigenvalue weighted by Gasteiger charge is 2.22. The zero-order valence-corrected chi connectivity index (χ0v) is 17.6. The topological polar surface area (TPSA) is 30.9 Å². The van der Waals surface area contributed by atoms with E-state index in [0.29, 0.717) is 11.3 Å². The van der Waals surface area contributed by atoms with E-state index < -0.39 is 0 Å². The molecule has 5 rings (SSSR count). The third kappa shape index (κ3) is 4.37. The van der Waals surface area contributed by atoms with Gasteiger partial charge in [0.2, 0.25) is 6.79 Å². The molecule has 31 heavy (non-hydrogen) atoms. The van der Waals surface area contributed by atoms with Gasteiger partial charge < -0.3 is 14.2 Å². The van der Waals surface area contributed by atoms with Gasteiger partial charge in [0.05, 0.1) is 0 Å². The van der Waals surface area contributed by atoms with E-state index in [1.165, 1.54) is 17.2 Å². The van der Waals surface area contributed by atoms with Crippen LogP contribution in [0.2, 0.25) is 0 Å². The second-order valence-electron chi connectivity index (χ2n) is 8.21. The second kappa shape index (κ2) is 8.60. The normalized spacial score (nSPS) is 16.1. The van der Waals surface area contributed by atoms with Crippen LogP contribution in [0.3, 0.4) is 0 Å². The Hall–Kier alpha value is -3.05. The molecule has 4 nitrogen and oxygen atoms in total. The Morgan fingerprint density at radius 3 is 2.71 bits per heavy atom. The molecule has 0 aliphatic carbocycles. The van der Waals surface area contributed by atoms with Gasteiger partial charge in [0.15, 0.2) is 11.5 Å². The van der Waals surface area contributed by atoms with Crippen molar-refractivity contribution in [3.8, 4) is 17.2 Å². The van der Waals surface area contributed by atoms with Gasteiger partial charge in [-0.05, 0) is 65.9 Å². The molecule has 0 radical (unpaired) electrons. The van der Waals surface area contributed by atoms with Gasteiger partial charge in [0, 0.05) is 26.1 Å².